The highest BCUT2D eigenvalue weighted by atomic mass is 16.1. The molecule has 1 fully saturated rings. The van der Waals surface area contributed by atoms with Gasteiger partial charge >= 0.3 is 0 Å². The van der Waals surface area contributed by atoms with Crippen molar-refractivity contribution in [3.63, 3.8) is 0 Å². The van der Waals surface area contributed by atoms with E-state index in [2.05, 4.69) is 24.3 Å². The van der Waals surface area contributed by atoms with E-state index in [0.717, 1.165) is 12.8 Å². The molecule has 0 radical (unpaired) electrons. The summed E-state index contributed by atoms with van der Waals surface area (Å²) in [6.07, 6.45) is 1.85. The summed E-state index contributed by atoms with van der Waals surface area (Å²) in [5.41, 5.74) is 1.35. The second-order valence-electron chi connectivity index (χ2n) is 3.91. The number of hydrogen-bond acceptors (Lipinski definition) is 1. The lowest BCUT2D eigenvalue weighted by atomic mass is 9.71. The predicted octanol–water partition coefficient (Wildman–Crippen LogP) is 2.45. The van der Waals surface area contributed by atoms with Crippen LogP contribution in [0, 0.1) is 11.8 Å². The van der Waals surface area contributed by atoms with Crippen LogP contribution in [0.2, 0.25) is 0 Å². The van der Waals surface area contributed by atoms with Gasteiger partial charge in [-0.2, -0.15) is 0 Å². The minimum atomic E-state index is 0.292. The summed E-state index contributed by atoms with van der Waals surface area (Å²) < 4.78 is 0. The molecule has 1 heteroatoms. The molecule has 2 rings (SSSR count). The van der Waals surface area contributed by atoms with Crippen LogP contribution >= 0.6 is 0 Å². The van der Waals surface area contributed by atoms with Gasteiger partial charge in [-0.15, -0.1) is 0 Å². The molecule has 13 heavy (non-hydrogen) atoms. The number of Topliss-reactive ketones (excluding diaryl/α,β-unsaturated/α-hetero) is 1. The molecule has 0 aliphatic heterocycles. The van der Waals surface area contributed by atoms with Gasteiger partial charge in [-0.05, 0) is 17.9 Å². The first-order chi connectivity index (χ1) is 6.27. The number of rotatable bonds is 2. The zero-order valence-electron chi connectivity index (χ0n) is 7.86. The number of hydrogen-bond donors (Lipinski definition) is 0. The summed E-state index contributed by atoms with van der Waals surface area (Å²) in [7, 11) is 0. The van der Waals surface area contributed by atoms with Crippen molar-refractivity contribution in [2.45, 2.75) is 19.8 Å². The third-order valence-electron chi connectivity index (χ3n) is 3.02. The summed E-state index contributed by atoms with van der Waals surface area (Å²) in [5, 5.41) is 0. The lowest BCUT2D eigenvalue weighted by Crippen LogP contribution is -2.36. The van der Waals surface area contributed by atoms with Crippen LogP contribution in [0.4, 0.5) is 0 Å². The molecule has 1 aliphatic rings. The Labute approximate surface area is 78.8 Å². The van der Waals surface area contributed by atoms with Crippen LogP contribution in [0.1, 0.15) is 18.9 Å². The molecule has 68 valence electrons. The Morgan fingerprint density at radius 3 is 2.54 bits per heavy atom. The van der Waals surface area contributed by atoms with Crippen molar-refractivity contribution < 1.29 is 4.79 Å². The van der Waals surface area contributed by atoms with E-state index in [1.807, 2.05) is 13.0 Å². The molecular formula is C12H14O. The Bertz CT molecular complexity index is 302. The van der Waals surface area contributed by atoms with Crippen LogP contribution in [-0.4, -0.2) is 5.78 Å². The van der Waals surface area contributed by atoms with Crippen molar-refractivity contribution in [2.24, 2.45) is 11.8 Å². The summed E-state index contributed by atoms with van der Waals surface area (Å²) in [6, 6.07) is 10.4. The zero-order chi connectivity index (χ0) is 9.26. The number of ketones is 1. The monoisotopic (exact) mass is 174 g/mol. The molecule has 1 aromatic rings. The summed E-state index contributed by atoms with van der Waals surface area (Å²) in [5.74, 6) is 1.32. The smallest absolute Gasteiger partial charge is 0.136 e. The molecule has 1 aromatic carbocycles. The van der Waals surface area contributed by atoms with E-state index in [0.29, 0.717) is 17.6 Å². The highest BCUT2D eigenvalue weighted by Crippen LogP contribution is 2.32. The fourth-order valence-corrected chi connectivity index (χ4v) is 1.89. The fourth-order valence-electron chi connectivity index (χ4n) is 1.89. The zero-order valence-corrected chi connectivity index (χ0v) is 7.86. The van der Waals surface area contributed by atoms with Crippen LogP contribution in [-0.2, 0) is 11.2 Å². The number of carbonyl (C=O) groups is 1. The van der Waals surface area contributed by atoms with Gasteiger partial charge in [-0.1, -0.05) is 37.3 Å². The normalized spacial score (nSPS) is 27.0. The first kappa shape index (κ1) is 8.49. The molecule has 0 amide bonds. The van der Waals surface area contributed by atoms with Gasteiger partial charge in [0.2, 0.25) is 0 Å². The van der Waals surface area contributed by atoms with E-state index < -0.39 is 0 Å². The standard InChI is InChI=1S/C12H14O/c1-9-11(8-12(9)13)7-10-5-3-2-4-6-10/h2-6,9,11H,7-8H2,1H3/t9-,11+/m1/s1. The van der Waals surface area contributed by atoms with Crippen molar-refractivity contribution in [1.82, 2.24) is 0 Å². The van der Waals surface area contributed by atoms with Crippen LogP contribution in [0.3, 0.4) is 0 Å². The maximum atomic E-state index is 11.0. The second kappa shape index (κ2) is 3.33. The van der Waals surface area contributed by atoms with Crippen LogP contribution in [0.15, 0.2) is 30.3 Å². The minimum absolute atomic E-state index is 0.292. The van der Waals surface area contributed by atoms with Crippen LogP contribution < -0.4 is 0 Å². The lowest BCUT2D eigenvalue weighted by Gasteiger charge is -2.32. The van der Waals surface area contributed by atoms with Crippen LogP contribution in [0.5, 0.6) is 0 Å². The van der Waals surface area contributed by atoms with E-state index in [4.69, 9.17) is 0 Å². The van der Waals surface area contributed by atoms with E-state index in [9.17, 15) is 4.79 Å². The Balaban J connectivity index is 1.97. The first-order valence-electron chi connectivity index (χ1n) is 4.84. The third-order valence-corrected chi connectivity index (χ3v) is 3.02. The van der Waals surface area contributed by atoms with Gasteiger partial charge < -0.3 is 0 Å². The molecule has 1 aliphatic carbocycles. The predicted molar refractivity (Wildman–Crippen MR) is 52.4 cm³/mol. The largest absolute Gasteiger partial charge is 0.299 e. The van der Waals surface area contributed by atoms with Crippen molar-refractivity contribution in [3.05, 3.63) is 35.9 Å². The molecule has 0 unspecified atom stereocenters. The number of benzene rings is 1. The highest BCUT2D eigenvalue weighted by Gasteiger charge is 2.35. The molecule has 0 spiro atoms. The van der Waals surface area contributed by atoms with Crippen molar-refractivity contribution in [1.29, 1.82) is 0 Å². The molecule has 1 nitrogen and oxygen atoms in total. The van der Waals surface area contributed by atoms with Gasteiger partial charge in [-0.25, -0.2) is 0 Å². The average Bonchev–Trinajstić information content (AvgIpc) is 2.19. The third kappa shape index (κ3) is 1.64. The van der Waals surface area contributed by atoms with E-state index in [-0.39, 0.29) is 0 Å². The van der Waals surface area contributed by atoms with E-state index in [1.54, 1.807) is 0 Å². The summed E-state index contributed by atoms with van der Waals surface area (Å²) in [6.45, 7) is 2.04. The Hall–Kier alpha value is -1.11. The molecule has 0 aromatic heterocycles. The maximum Gasteiger partial charge on any atom is 0.136 e. The molecule has 0 heterocycles. The SMILES string of the molecule is C[C@H]1C(=O)C[C@@H]1Cc1ccccc1. The number of carbonyl (C=O) groups excluding carboxylic acids is 1. The molecular weight excluding hydrogens is 160 g/mol. The topological polar surface area (TPSA) is 17.1 Å². The molecule has 0 saturated heterocycles. The van der Waals surface area contributed by atoms with Gasteiger partial charge in [-0.3, -0.25) is 4.79 Å². The molecule has 0 bridgehead atoms. The summed E-state index contributed by atoms with van der Waals surface area (Å²) >= 11 is 0. The first-order valence-corrected chi connectivity index (χ1v) is 4.84. The lowest BCUT2D eigenvalue weighted by molar-refractivity contribution is -0.133. The minimum Gasteiger partial charge on any atom is -0.299 e. The van der Waals surface area contributed by atoms with Crippen molar-refractivity contribution in [3.8, 4) is 0 Å². The van der Waals surface area contributed by atoms with E-state index >= 15 is 0 Å². The molecule has 2 atom stereocenters. The average molecular weight is 174 g/mol. The van der Waals surface area contributed by atoms with Gasteiger partial charge in [0.05, 0.1) is 0 Å². The van der Waals surface area contributed by atoms with Gasteiger partial charge in [0.1, 0.15) is 5.78 Å². The second-order valence-corrected chi connectivity index (χ2v) is 3.91. The Kier molecular flexibility index (Phi) is 2.17. The van der Waals surface area contributed by atoms with Gasteiger partial charge in [0.25, 0.3) is 0 Å². The fraction of sp³-hybridized carbons (Fsp3) is 0.417. The van der Waals surface area contributed by atoms with Crippen LogP contribution in [0.25, 0.3) is 0 Å². The van der Waals surface area contributed by atoms with E-state index in [1.165, 1.54) is 5.56 Å². The summed E-state index contributed by atoms with van der Waals surface area (Å²) in [4.78, 5) is 11.0. The van der Waals surface area contributed by atoms with Gasteiger partial charge in [0.15, 0.2) is 0 Å². The highest BCUT2D eigenvalue weighted by molar-refractivity contribution is 5.87. The maximum absolute atomic E-state index is 11.0. The van der Waals surface area contributed by atoms with Gasteiger partial charge in [0, 0.05) is 12.3 Å². The molecule has 1 saturated carbocycles. The van der Waals surface area contributed by atoms with Crippen molar-refractivity contribution >= 4 is 5.78 Å². The van der Waals surface area contributed by atoms with Crippen molar-refractivity contribution in [2.75, 3.05) is 0 Å². The molecule has 0 N–H and O–H groups in total. The Morgan fingerprint density at radius 2 is 2.00 bits per heavy atom. The quantitative estimate of drug-likeness (QED) is 0.673. The Morgan fingerprint density at radius 1 is 1.31 bits per heavy atom.